The number of carbonyl (C=O) groups is 2. The predicted octanol–water partition coefficient (Wildman–Crippen LogP) is 5.96. The first-order chi connectivity index (χ1) is 27.7. The minimum atomic E-state index is -0.471. The van der Waals surface area contributed by atoms with Crippen LogP contribution < -0.4 is 11.4 Å². The van der Waals surface area contributed by atoms with Crippen LogP contribution in [0.1, 0.15) is 92.2 Å². The first-order valence-electron chi connectivity index (χ1n) is 20.9. The zero-order valence-electron chi connectivity index (χ0n) is 35.0. The van der Waals surface area contributed by atoms with E-state index in [1.165, 1.54) is 0 Å². The molecule has 8 rings (SSSR count). The highest BCUT2D eigenvalue weighted by Crippen LogP contribution is 2.36. The first-order valence-corrected chi connectivity index (χ1v) is 20.9. The fourth-order valence-electron chi connectivity index (χ4n) is 9.51. The Morgan fingerprint density at radius 2 is 1.14 bits per heavy atom. The topological polar surface area (TPSA) is 141 Å². The summed E-state index contributed by atoms with van der Waals surface area (Å²) in [5, 5.41) is 0. The summed E-state index contributed by atoms with van der Waals surface area (Å²) in [4.78, 5) is 64.2. The summed E-state index contributed by atoms with van der Waals surface area (Å²) >= 11 is 0. The van der Waals surface area contributed by atoms with E-state index < -0.39 is 5.60 Å². The van der Waals surface area contributed by atoms with Gasteiger partial charge in [0.1, 0.15) is 5.60 Å². The number of aromatic nitrogens is 4. The minimum absolute atomic E-state index is 0.0205. The van der Waals surface area contributed by atoms with Gasteiger partial charge >= 0.3 is 23.6 Å². The molecule has 14 heteroatoms. The molecule has 2 N–H and O–H groups in total. The Morgan fingerprint density at radius 1 is 0.707 bits per heavy atom. The van der Waals surface area contributed by atoms with E-state index in [9.17, 15) is 19.2 Å². The number of H-pyrrole nitrogens is 2. The van der Waals surface area contributed by atoms with Crippen LogP contribution in [0.4, 0.5) is 9.59 Å². The van der Waals surface area contributed by atoms with Gasteiger partial charge in [-0.2, -0.15) is 0 Å². The molecule has 0 spiro atoms. The maximum Gasteiger partial charge on any atom is 0.410 e. The standard InChI is InChI=1S/C22H32N4O3.C22H28N4O3/c1-21(2,3)29-20(28)24-14-11-22(4,15-24)25-12-9-16(10-13-25)26-18-8-6-5-7-17(18)23-19(26)27;1-3-4-15-29-21(28)24-14-11-22(2,16-24)25-12-9-17(10-13-25)26-19-8-6-5-7-18(19)23-20(26)27/h5-8,16H,9-15H2,1-4H3,(H,23,27);5-8,17H,9-16H2,1-2H3,(H,23,27). The molecule has 2 aromatic heterocycles. The van der Waals surface area contributed by atoms with Crippen LogP contribution in [0, 0.1) is 11.8 Å². The molecule has 0 bridgehead atoms. The maximum absolute atomic E-state index is 12.5. The molecular formula is C44H60N8O6. The molecule has 14 nitrogen and oxygen atoms in total. The quantitative estimate of drug-likeness (QED) is 0.236. The van der Waals surface area contributed by atoms with Crippen LogP contribution in [0.15, 0.2) is 58.1 Å². The Balaban J connectivity index is 0.000000177. The average molecular weight is 797 g/mol. The van der Waals surface area contributed by atoms with Crippen LogP contribution in [0.3, 0.4) is 0 Å². The van der Waals surface area contributed by atoms with Gasteiger partial charge in [0.15, 0.2) is 6.61 Å². The van der Waals surface area contributed by atoms with Gasteiger partial charge < -0.3 is 29.2 Å². The van der Waals surface area contributed by atoms with E-state index >= 15 is 0 Å². The largest absolute Gasteiger partial charge is 0.444 e. The van der Waals surface area contributed by atoms with Crippen molar-refractivity contribution in [1.29, 1.82) is 0 Å². The van der Waals surface area contributed by atoms with E-state index in [-0.39, 0.29) is 53.3 Å². The number of nitrogens with zero attached hydrogens (tertiary/aromatic N) is 6. The van der Waals surface area contributed by atoms with Crippen LogP contribution in [0.2, 0.25) is 0 Å². The number of carbonyl (C=O) groups excluding carboxylic acids is 2. The Morgan fingerprint density at radius 3 is 1.57 bits per heavy atom. The summed E-state index contributed by atoms with van der Waals surface area (Å²) in [6.45, 7) is 18.5. The predicted molar refractivity (Wildman–Crippen MR) is 225 cm³/mol. The minimum Gasteiger partial charge on any atom is -0.444 e. The molecule has 2 amide bonds. The Labute approximate surface area is 340 Å². The van der Waals surface area contributed by atoms with Crippen LogP contribution in [0.25, 0.3) is 22.1 Å². The summed E-state index contributed by atoms with van der Waals surface area (Å²) in [5.41, 5.74) is 3.15. The lowest BCUT2D eigenvalue weighted by atomic mass is 9.94. The summed E-state index contributed by atoms with van der Waals surface area (Å²) in [6, 6.07) is 16.2. The van der Waals surface area contributed by atoms with Crippen molar-refractivity contribution in [3.05, 3.63) is 69.5 Å². The second-order valence-electron chi connectivity index (χ2n) is 17.9. The van der Waals surface area contributed by atoms with Gasteiger partial charge in [-0.05, 0) is 104 Å². The second-order valence-corrected chi connectivity index (χ2v) is 17.9. The molecule has 58 heavy (non-hydrogen) atoms. The number of amides is 2. The number of nitrogens with one attached hydrogen (secondary N) is 2. The van der Waals surface area contributed by atoms with Crippen molar-refractivity contribution < 1.29 is 19.1 Å². The van der Waals surface area contributed by atoms with E-state index in [1.807, 2.05) is 83.3 Å². The van der Waals surface area contributed by atoms with Crippen molar-refractivity contribution in [1.82, 2.24) is 38.7 Å². The molecule has 6 heterocycles. The summed E-state index contributed by atoms with van der Waals surface area (Å²) in [6.07, 6.45) is 5.09. The van der Waals surface area contributed by atoms with Crippen LogP contribution >= 0.6 is 0 Å². The number of imidazole rings is 2. The molecule has 0 saturated carbocycles. The van der Waals surface area contributed by atoms with Gasteiger partial charge in [-0.15, -0.1) is 5.92 Å². The number of ether oxygens (including phenoxy) is 2. The number of para-hydroxylation sites is 4. The average Bonchev–Trinajstić information content (AvgIpc) is 3.97. The fraction of sp³-hybridized carbons (Fsp3) is 0.591. The Kier molecular flexibility index (Phi) is 11.9. The van der Waals surface area contributed by atoms with Crippen molar-refractivity contribution in [2.45, 2.75) is 109 Å². The van der Waals surface area contributed by atoms with Crippen LogP contribution in [-0.2, 0) is 9.47 Å². The molecule has 4 aromatic rings. The van der Waals surface area contributed by atoms with Gasteiger partial charge in [0.25, 0.3) is 0 Å². The highest BCUT2D eigenvalue weighted by atomic mass is 16.6. The van der Waals surface area contributed by atoms with Crippen molar-refractivity contribution in [3.8, 4) is 11.8 Å². The molecule has 2 atom stereocenters. The van der Waals surface area contributed by atoms with E-state index in [2.05, 4.69) is 45.5 Å². The molecular weight excluding hydrogens is 737 g/mol. The van der Waals surface area contributed by atoms with Gasteiger partial charge in [-0.3, -0.25) is 18.9 Å². The first kappa shape index (κ1) is 41.2. The van der Waals surface area contributed by atoms with Gasteiger partial charge in [-0.1, -0.05) is 30.2 Å². The van der Waals surface area contributed by atoms with Crippen LogP contribution in [-0.4, -0.2) is 127 Å². The Hall–Kier alpha value is -5.00. The summed E-state index contributed by atoms with van der Waals surface area (Å²) in [5.74, 6) is 5.49. The third kappa shape index (κ3) is 8.71. The normalized spacial score (nSPS) is 23.8. The lowest BCUT2D eigenvalue weighted by molar-refractivity contribution is 0.0221. The molecule has 2 aromatic carbocycles. The number of hydrogen-bond acceptors (Lipinski definition) is 8. The molecule has 0 radical (unpaired) electrons. The Bertz CT molecular complexity index is 2270. The third-order valence-corrected chi connectivity index (χ3v) is 12.7. The third-order valence-electron chi connectivity index (χ3n) is 12.7. The van der Waals surface area contributed by atoms with Gasteiger partial charge in [0, 0.05) is 75.5 Å². The molecule has 4 aliphatic rings. The van der Waals surface area contributed by atoms with Gasteiger partial charge in [0.05, 0.1) is 22.1 Å². The fourth-order valence-corrected chi connectivity index (χ4v) is 9.51. The summed E-state index contributed by atoms with van der Waals surface area (Å²) in [7, 11) is 0. The summed E-state index contributed by atoms with van der Waals surface area (Å²) < 4.78 is 14.6. The lowest BCUT2D eigenvalue weighted by Crippen LogP contribution is -2.52. The lowest BCUT2D eigenvalue weighted by Gasteiger charge is -2.43. The van der Waals surface area contributed by atoms with Crippen molar-refractivity contribution in [3.63, 3.8) is 0 Å². The van der Waals surface area contributed by atoms with Gasteiger partial charge in [0.2, 0.25) is 0 Å². The number of likely N-dealkylation sites (tertiary alicyclic amines) is 4. The number of piperidine rings is 2. The highest BCUT2D eigenvalue weighted by Gasteiger charge is 2.44. The molecule has 4 aliphatic heterocycles. The molecule has 2 unspecified atom stereocenters. The molecule has 0 aliphatic carbocycles. The number of rotatable bonds is 5. The van der Waals surface area contributed by atoms with Crippen molar-refractivity contribution in [2.75, 3.05) is 59.0 Å². The zero-order valence-corrected chi connectivity index (χ0v) is 35.0. The maximum atomic E-state index is 12.5. The van der Waals surface area contributed by atoms with E-state index in [0.717, 1.165) is 93.3 Å². The molecule has 312 valence electrons. The van der Waals surface area contributed by atoms with Crippen molar-refractivity contribution >= 4 is 34.3 Å². The number of benzene rings is 2. The number of hydrogen-bond donors (Lipinski definition) is 2. The smallest absolute Gasteiger partial charge is 0.410 e. The van der Waals surface area contributed by atoms with Gasteiger partial charge in [-0.25, -0.2) is 19.2 Å². The number of fused-ring (bicyclic) bond motifs is 2. The van der Waals surface area contributed by atoms with E-state index in [1.54, 1.807) is 11.8 Å². The van der Waals surface area contributed by atoms with E-state index in [0.29, 0.717) is 19.6 Å². The highest BCUT2D eigenvalue weighted by molar-refractivity contribution is 5.76. The van der Waals surface area contributed by atoms with Crippen LogP contribution in [0.5, 0.6) is 0 Å². The second kappa shape index (κ2) is 16.7. The molecule has 4 saturated heterocycles. The molecule has 4 fully saturated rings. The monoisotopic (exact) mass is 796 g/mol. The SMILES string of the molecule is CC#CCOC(=O)N1CCC(C)(N2CCC(n3c(=O)[nH]c4ccccc43)CC2)C1.CC(C)(C)OC(=O)N1CCC(C)(N2CCC(n3c(=O)[nH]c4ccccc43)CC2)C1. The number of aromatic amines is 2. The van der Waals surface area contributed by atoms with Crippen molar-refractivity contribution in [2.24, 2.45) is 0 Å². The zero-order chi connectivity index (χ0) is 41.2. The van der Waals surface area contributed by atoms with E-state index in [4.69, 9.17) is 9.47 Å².